The minimum atomic E-state index is -4.77. The zero-order valence-electron chi connectivity index (χ0n) is 17.4. The monoisotopic (exact) mass is 534 g/mol. The van der Waals surface area contributed by atoms with Crippen molar-refractivity contribution in [1.29, 1.82) is 0 Å². The van der Waals surface area contributed by atoms with Crippen molar-refractivity contribution < 1.29 is 38.2 Å². The van der Waals surface area contributed by atoms with Gasteiger partial charge in [0.05, 0.1) is 12.7 Å². The fourth-order valence-electron chi connectivity index (χ4n) is 3.38. The maximum absolute atomic E-state index is 11.9. The SMILES string of the molecule is O=P(O)(O)CP(=O)(O)OC[C@H]1O[C@@H](n2nnc3c(NCc4ccccc4)nc(Cl)nc32)C[C@@H]1O. The predicted molar refractivity (Wildman–Crippen MR) is 119 cm³/mol. The number of nitrogens with one attached hydrogen (secondary N) is 1. The molecule has 2 aromatic heterocycles. The molecule has 1 unspecified atom stereocenters. The summed E-state index contributed by atoms with van der Waals surface area (Å²) in [5.74, 6) is -0.990. The van der Waals surface area contributed by atoms with Crippen molar-refractivity contribution in [3.63, 3.8) is 0 Å². The van der Waals surface area contributed by atoms with Crippen LogP contribution in [0.4, 0.5) is 5.82 Å². The number of halogens is 1. The predicted octanol–water partition coefficient (Wildman–Crippen LogP) is 1.47. The van der Waals surface area contributed by atoms with Crippen LogP contribution in [0.3, 0.4) is 0 Å². The molecule has 0 aliphatic carbocycles. The van der Waals surface area contributed by atoms with Gasteiger partial charge in [0.25, 0.3) is 0 Å². The van der Waals surface area contributed by atoms with Crippen molar-refractivity contribution in [3.05, 3.63) is 41.2 Å². The third kappa shape index (κ3) is 6.16. The minimum Gasteiger partial charge on any atom is -0.390 e. The van der Waals surface area contributed by atoms with Gasteiger partial charge in [0.2, 0.25) is 5.28 Å². The van der Waals surface area contributed by atoms with Gasteiger partial charge in [-0.1, -0.05) is 35.5 Å². The van der Waals surface area contributed by atoms with Crippen LogP contribution in [0.2, 0.25) is 5.28 Å². The fourth-order valence-corrected chi connectivity index (χ4v) is 6.11. The van der Waals surface area contributed by atoms with E-state index in [0.717, 1.165) is 5.56 Å². The van der Waals surface area contributed by atoms with Crippen molar-refractivity contribution in [3.8, 4) is 0 Å². The number of ether oxygens (including phenoxy) is 1. The maximum Gasteiger partial charge on any atom is 0.340 e. The molecule has 1 aliphatic rings. The highest BCUT2D eigenvalue weighted by atomic mass is 35.5. The van der Waals surface area contributed by atoms with E-state index in [4.69, 9.17) is 30.6 Å². The smallest absolute Gasteiger partial charge is 0.340 e. The summed E-state index contributed by atoms with van der Waals surface area (Å²) in [6, 6.07) is 9.58. The van der Waals surface area contributed by atoms with Crippen LogP contribution < -0.4 is 5.32 Å². The van der Waals surface area contributed by atoms with Gasteiger partial charge in [0.15, 0.2) is 29.1 Å². The number of benzene rings is 1. The summed E-state index contributed by atoms with van der Waals surface area (Å²) in [5, 5.41) is 21.5. The number of hydrogen-bond acceptors (Lipinski definition) is 10. The van der Waals surface area contributed by atoms with Crippen molar-refractivity contribution in [2.45, 2.75) is 31.4 Å². The van der Waals surface area contributed by atoms with Crippen LogP contribution in [0, 0.1) is 0 Å². The van der Waals surface area contributed by atoms with Crippen LogP contribution >= 0.6 is 26.8 Å². The van der Waals surface area contributed by atoms with Gasteiger partial charge in [-0.05, 0) is 17.2 Å². The van der Waals surface area contributed by atoms with E-state index in [2.05, 4.69) is 25.6 Å². The van der Waals surface area contributed by atoms with Crippen LogP contribution in [0.25, 0.3) is 11.2 Å². The Balaban J connectivity index is 1.48. The molecule has 14 nitrogen and oxygen atoms in total. The molecule has 5 N–H and O–H groups in total. The molecule has 1 aromatic carbocycles. The lowest BCUT2D eigenvalue weighted by atomic mass is 10.2. The van der Waals surface area contributed by atoms with Crippen molar-refractivity contribution in [2.24, 2.45) is 0 Å². The van der Waals surface area contributed by atoms with Crippen LogP contribution in [0.15, 0.2) is 30.3 Å². The Morgan fingerprint density at radius 1 is 1.21 bits per heavy atom. The molecule has 1 aliphatic heterocycles. The van der Waals surface area contributed by atoms with E-state index < -0.39 is 46.1 Å². The third-order valence-electron chi connectivity index (χ3n) is 4.88. The van der Waals surface area contributed by atoms with Gasteiger partial charge in [-0.25, -0.2) is 0 Å². The molecule has 3 aromatic rings. The van der Waals surface area contributed by atoms with E-state index in [9.17, 15) is 19.1 Å². The number of anilines is 1. The second-order valence-corrected chi connectivity index (χ2v) is 11.9. The molecule has 0 radical (unpaired) electrons. The molecule has 0 saturated carbocycles. The van der Waals surface area contributed by atoms with Gasteiger partial charge in [-0.15, -0.1) is 5.10 Å². The average Bonchev–Trinajstić information content (AvgIpc) is 3.32. The summed E-state index contributed by atoms with van der Waals surface area (Å²) < 4.78 is 34.6. The lowest BCUT2D eigenvalue weighted by Crippen LogP contribution is -2.26. The van der Waals surface area contributed by atoms with Crippen molar-refractivity contribution in [1.82, 2.24) is 25.0 Å². The number of nitrogens with zero attached hydrogens (tertiary/aromatic N) is 5. The summed E-state index contributed by atoms with van der Waals surface area (Å²) in [4.78, 5) is 35.7. The average molecular weight is 535 g/mol. The Kier molecular flexibility index (Phi) is 7.34. The normalized spacial score (nSPS) is 22.7. The summed E-state index contributed by atoms with van der Waals surface area (Å²) in [6.07, 6.45) is -3.02. The van der Waals surface area contributed by atoms with E-state index in [-0.39, 0.29) is 17.4 Å². The van der Waals surface area contributed by atoms with Crippen LogP contribution in [-0.4, -0.2) is 69.5 Å². The second kappa shape index (κ2) is 9.94. The maximum atomic E-state index is 11.9. The summed E-state index contributed by atoms with van der Waals surface area (Å²) in [7, 11) is -9.37. The standard InChI is InChI=1S/C17H21ClN6O8P2/c18-17-20-15(19-7-10-4-2-1-3-5-10)14-16(21-17)24(23-22-14)13-6-11(25)12(32-13)8-31-34(29,30)9-33(26,27)28/h1-5,11-13,25H,6-9H2,(H,29,30)(H,19,20,21)(H2,26,27,28)/t11-,12+,13+/m0/s1. The van der Waals surface area contributed by atoms with Crippen LogP contribution in [0.1, 0.15) is 18.2 Å². The number of aliphatic hydroxyl groups is 1. The first-order valence-corrected chi connectivity index (χ1v) is 13.9. The van der Waals surface area contributed by atoms with Crippen LogP contribution in [-0.2, 0) is 24.9 Å². The Bertz CT molecular complexity index is 1260. The van der Waals surface area contributed by atoms with E-state index >= 15 is 0 Å². The molecule has 184 valence electrons. The molecule has 4 atom stereocenters. The molecule has 1 saturated heterocycles. The first kappa shape index (κ1) is 25.1. The Labute approximate surface area is 197 Å². The highest BCUT2D eigenvalue weighted by Gasteiger charge is 2.39. The highest BCUT2D eigenvalue weighted by Crippen LogP contribution is 2.55. The first-order chi connectivity index (χ1) is 16.0. The van der Waals surface area contributed by atoms with Gasteiger partial charge < -0.3 is 34.4 Å². The number of aliphatic hydroxyl groups excluding tert-OH is 1. The second-order valence-electron chi connectivity index (χ2n) is 7.56. The quantitative estimate of drug-likeness (QED) is 0.195. The largest absolute Gasteiger partial charge is 0.390 e. The number of fused-ring (bicyclic) bond motifs is 1. The molecule has 0 bridgehead atoms. The molecule has 0 spiro atoms. The zero-order valence-corrected chi connectivity index (χ0v) is 19.9. The van der Waals surface area contributed by atoms with Gasteiger partial charge in [0.1, 0.15) is 6.10 Å². The van der Waals surface area contributed by atoms with Gasteiger partial charge in [0, 0.05) is 13.0 Å². The first-order valence-electron chi connectivity index (χ1n) is 9.91. The van der Waals surface area contributed by atoms with E-state index in [1.165, 1.54) is 4.68 Å². The van der Waals surface area contributed by atoms with E-state index in [1.807, 2.05) is 30.3 Å². The molecule has 1 fully saturated rings. The van der Waals surface area contributed by atoms with Gasteiger partial charge in [-0.2, -0.15) is 14.6 Å². The Hall–Kier alpha value is -1.99. The van der Waals surface area contributed by atoms with E-state index in [1.54, 1.807) is 0 Å². The number of aromatic nitrogens is 5. The van der Waals surface area contributed by atoms with Gasteiger partial charge in [-0.3, -0.25) is 9.13 Å². The molecule has 3 heterocycles. The lowest BCUT2D eigenvalue weighted by molar-refractivity contribution is -0.0440. The molecular formula is C17H21ClN6O8P2. The molecule has 0 amide bonds. The topological polar surface area (TPSA) is 202 Å². The van der Waals surface area contributed by atoms with Crippen LogP contribution in [0.5, 0.6) is 0 Å². The number of hydrogen-bond donors (Lipinski definition) is 5. The molecule has 17 heteroatoms. The Morgan fingerprint density at radius 2 is 1.94 bits per heavy atom. The summed E-state index contributed by atoms with van der Waals surface area (Å²) in [5.41, 5.74) is 1.56. The zero-order chi connectivity index (χ0) is 24.5. The third-order valence-corrected chi connectivity index (χ3v) is 8.50. The summed E-state index contributed by atoms with van der Waals surface area (Å²) >= 11 is 6.09. The van der Waals surface area contributed by atoms with E-state index in [0.29, 0.717) is 17.9 Å². The lowest BCUT2D eigenvalue weighted by Gasteiger charge is -2.18. The van der Waals surface area contributed by atoms with Crippen molar-refractivity contribution in [2.75, 3.05) is 17.8 Å². The molecule has 34 heavy (non-hydrogen) atoms. The number of rotatable bonds is 9. The minimum absolute atomic E-state index is 0.0229. The Morgan fingerprint density at radius 3 is 2.65 bits per heavy atom. The highest BCUT2D eigenvalue weighted by molar-refractivity contribution is 7.70. The van der Waals surface area contributed by atoms with Crippen molar-refractivity contribution >= 4 is 43.8 Å². The molecular weight excluding hydrogens is 514 g/mol. The summed E-state index contributed by atoms with van der Waals surface area (Å²) in [6.45, 7) is -0.123. The van der Waals surface area contributed by atoms with Gasteiger partial charge >= 0.3 is 15.2 Å². The molecule has 4 rings (SSSR count). The fraction of sp³-hybridized carbons (Fsp3) is 0.412.